The third kappa shape index (κ3) is 4.87. The van der Waals surface area contributed by atoms with E-state index < -0.39 is 26.6 Å². The van der Waals surface area contributed by atoms with Crippen molar-refractivity contribution in [1.29, 1.82) is 0 Å². The van der Waals surface area contributed by atoms with Crippen LogP contribution in [0.5, 0.6) is 0 Å². The first-order valence-electron chi connectivity index (χ1n) is 9.22. The topological polar surface area (TPSA) is 66.5 Å². The van der Waals surface area contributed by atoms with E-state index in [2.05, 4.69) is 5.32 Å². The van der Waals surface area contributed by atoms with E-state index in [4.69, 9.17) is 11.6 Å². The second-order valence-electron chi connectivity index (χ2n) is 6.50. The van der Waals surface area contributed by atoms with Gasteiger partial charge in [-0.3, -0.25) is 4.79 Å². The van der Waals surface area contributed by atoms with E-state index in [0.29, 0.717) is 10.7 Å². The van der Waals surface area contributed by atoms with Crippen molar-refractivity contribution in [2.45, 2.75) is 18.4 Å². The number of benzene rings is 3. The smallest absolute Gasteiger partial charge is 0.255 e. The zero-order valence-corrected chi connectivity index (χ0v) is 17.8. The predicted octanol–water partition coefficient (Wildman–Crippen LogP) is 4.94. The Morgan fingerprint density at radius 2 is 1.70 bits per heavy atom. The van der Waals surface area contributed by atoms with Crippen molar-refractivity contribution < 1.29 is 17.6 Å². The number of carbonyl (C=O) groups is 1. The second-order valence-corrected chi connectivity index (χ2v) is 8.81. The van der Waals surface area contributed by atoms with Gasteiger partial charge in [-0.1, -0.05) is 61.0 Å². The van der Waals surface area contributed by atoms with Crippen LogP contribution in [0.3, 0.4) is 0 Å². The van der Waals surface area contributed by atoms with E-state index in [1.54, 1.807) is 55.5 Å². The summed E-state index contributed by atoms with van der Waals surface area (Å²) >= 11 is 6.04. The minimum Gasteiger partial charge on any atom is -0.321 e. The van der Waals surface area contributed by atoms with Gasteiger partial charge in [-0.15, -0.1) is 0 Å². The highest BCUT2D eigenvalue weighted by Gasteiger charge is 2.27. The van der Waals surface area contributed by atoms with Crippen molar-refractivity contribution in [2.24, 2.45) is 0 Å². The summed E-state index contributed by atoms with van der Waals surface area (Å²) in [6, 6.07) is 18.9. The van der Waals surface area contributed by atoms with Crippen LogP contribution in [0.25, 0.3) is 0 Å². The van der Waals surface area contributed by atoms with E-state index >= 15 is 0 Å². The zero-order valence-electron chi connectivity index (χ0n) is 16.2. The average molecular weight is 447 g/mol. The van der Waals surface area contributed by atoms with Crippen LogP contribution >= 0.6 is 11.6 Å². The van der Waals surface area contributed by atoms with Gasteiger partial charge in [0.2, 0.25) is 10.0 Å². The Balaban J connectivity index is 1.91. The standard InChI is InChI=1S/C22H20ClFN2O3S/c1-2-26(15-16-8-4-3-5-9-16)30(28,29)21-14-17(12-13-19(21)24)22(27)25-20-11-7-6-10-18(20)23/h3-14H,2,15H2,1H3,(H,25,27). The molecule has 5 nitrogen and oxygen atoms in total. The lowest BCUT2D eigenvalue weighted by molar-refractivity contribution is 0.102. The van der Waals surface area contributed by atoms with Gasteiger partial charge in [-0.05, 0) is 35.9 Å². The van der Waals surface area contributed by atoms with E-state index in [1.807, 2.05) is 6.07 Å². The highest BCUT2D eigenvalue weighted by molar-refractivity contribution is 7.89. The second kappa shape index (κ2) is 9.38. The Bertz CT molecular complexity index is 1150. The molecular formula is C22H20ClFN2O3S. The number of halogens is 2. The molecule has 0 unspecified atom stereocenters. The summed E-state index contributed by atoms with van der Waals surface area (Å²) < 4.78 is 41.9. The Kier molecular flexibility index (Phi) is 6.87. The molecule has 0 saturated heterocycles. The molecule has 0 spiro atoms. The number of para-hydroxylation sites is 1. The number of rotatable bonds is 7. The highest BCUT2D eigenvalue weighted by atomic mass is 35.5. The molecule has 0 saturated carbocycles. The molecule has 3 rings (SSSR count). The van der Waals surface area contributed by atoms with Crippen molar-refractivity contribution in [1.82, 2.24) is 4.31 Å². The average Bonchev–Trinajstić information content (AvgIpc) is 2.74. The van der Waals surface area contributed by atoms with Gasteiger partial charge in [0.05, 0.1) is 10.7 Å². The highest BCUT2D eigenvalue weighted by Crippen LogP contribution is 2.25. The quantitative estimate of drug-likeness (QED) is 0.558. The predicted molar refractivity (Wildman–Crippen MR) is 116 cm³/mol. The Morgan fingerprint density at radius 3 is 2.37 bits per heavy atom. The van der Waals surface area contributed by atoms with E-state index in [1.165, 1.54) is 6.07 Å². The van der Waals surface area contributed by atoms with Crippen molar-refractivity contribution in [2.75, 3.05) is 11.9 Å². The van der Waals surface area contributed by atoms with Gasteiger partial charge < -0.3 is 5.32 Å². The number of nitrogens with one attached hydrogen (secondary N) is 1. The SMILES string of the molecule is CCN(Cc1ccccc1)S(=O)(=O)c1cc(C(=O)Nc2ccccc2Cl)ccc1F. The molecule has 3 aromatic carbocycles. The van der Waals surface area contributed by atoms with Crippen LogP contribution in [0.15, 0.2) is 77.7 Å². The number of hydrogen-bond donors (Lipinski definition) is 1. The Morgan fingerprint density at radius 1 is 1.03 bits per heavy atom. The first kappa shape index (κ1) is 22.0. The van der Waals surface area contributed by atoms with Gasteiger partial charge in [0.15, 0.2) is 0 Å². The molecule has 0 radical (unpaired) electrons. The number of nitrogens with zero attached hydrogens (tertiary/aromatic N) is 1. The summed E-state index contributed by atoms with van der Waals surface area (Å²) in [5.74, 6) is -1.51. The molecule has 0 atom stereocenters. The molecule has 0 aliphatic heterocycles. The lowest BCUT2D eigenvalue weighted by Gasteiger charge is -2.21. The maximum absolute atomic E-state index is 14.5. The summed E-state index contributed by atoms with van der Waals surface area (Å²) in [4.78, 5) is 12.0. The Labute approximate surface area is 180 Å². The van der Waals surface area contributed by atoms with Crippen molar-refractivity contribution in [3.05, 3.63) is 94.8 Å². The van der Waals surface area contributed by atoms with Gasteiger partial charge >= 0.3 is 0 Å². The van der Waals surface area contributed by atoms with Crippen molar-refractivity contribution >= 4 is 33.2 Å². The number of carbonyl (C=O) groups excluding carboxylic acids is 1. The third-order valence-corrected chi connectivity index (χ3v) is 6.75. The molecule has 156 valence electrons. The van der Waals surface area contributed by atoms with Crippen LogP contribution < -0.4 is 5.32 Å². The molecule has 3 aromatic rings. The zero-order chi connectivity index (χ0) is 21.7. The van der Waals surface area contributed by atoms with E-state index in [-0.39, 0.29) is 18.7 Å². The van der Waals surface area contributed by atoms with Gasteiger partial charge in [-0.2, -0.15) is 4.31 Å². The minimum absolute atomic E-state index is 0.00524. The molecule has 1 amide bonds. The van der Waals surface area contributed by atoms with Crippen molar-refractivity contribution in [3.63, 3.8) is 0 Å². The first-order chi connectivity index (χ1) is 14.3. The molecule has 8 heteroatoms. The van der Waals surface area contributed by atoms with Crippen LogP contribution in [-0.2, 0) is 16.6 Å². The molecule has 0 aliphatic carbocycles. The van der Waals surface area contributed by atoms with Crippen LogP contribution in [0, 0.1) is 5.82 Å². The lowest BCUT2D eigenvalue weighted by atomic mass is 10.2. The summed E-state index contributed by atoms with van der Waals surface area (Å²) in [5, 5.41) is 2.94. The fraction of sp³-hybridized carbons (Fsp3) is 0.136. The first-order valence-corrected chi connectivity index (χ1v) is 11.0. The molecule has 0 aromatic heterocycles. The molecule has 0 heterocycles. The van der Waals surface area contributed by atoms with Crippen LogP contribution in [-0.4, -0.2) is 25.2 Å². The van der Waals surface area contributed by atoms with Gasteiger partial charge in [0.1, 0.15) is 10.7 Å². The number of hydrogen-bond acceptors (Lipinski definition) is 3. The van der Waals surface area contributed by atoms with Crippen LogP contribution in [0.2, 0.25) is 5.02 Å². The number of amides is 1. The van der Waals surface area contributed by atoms with Gasteiger partial charge in [0.25, 0.3) is 5.91 Å². The molecule has 0 fully saturated rings. The third-order valence-electron chi connectivity index (χ3n) is 4.49. The molecule has 30 heavy (non-hydrogen) atoms. The fourth-order valence-electron chi connectivity index (χ4n) is 2.89. The van der Waals surface area contributed by atoms with Crippen molar-refractivity contribution in [3.8, 4) is 0 Å². The van der Waals surface area contributed by atoms with Gasteiger partial charge in [0, 0.05) is 18.7 Å². The summed E-state index contributed by atoms with van der Waals surface area (Å²) in [7, 11) is -4.16. The summed E-state index contributed by atoms with van der Waals surface area (Å²) in [5.41, 5.74) is 1.15. The van der Waals surface area contributed by atoms with Gasteiger partial charge in [-0.25, -0.2) is 12.8 Å². The number of anilines is 1. The molecule has 0 aliphatic rings. The van der Waals surface area contributed by atoms with Crippen LogP contribution in [0.1, 0.15) is 22.8 Å². The minimum atomic E-state index is -4.16. The summed E-state index contributed by atoms with van der Waals surface area (Å²) in [6.07, 6.45) is 0. The summed E-state index contributed by atoms with van der Waals surface area (Å²) in [6.45, 7) is 1.91. The fourth-order valence-corrected chi connectivity index (χ4v) is 4.60. The Hall–Kier alpha value is -2.74. The molecule has 1 N–H and O–H groups in total. The normalized spacial score (nSPS) is 11.5. The van der Waals surface area contributed by atoms with Crippen LogP contribution in [0.4, 0.5) is 10.1 Å². The van der Waals surface area contributed by atoms with E-state index in [9.17, 15) is 17.6 Å². The number of sulfonamides is 1. The molecular weight excluding hydrogens is 427 g/mol. The van der Waals surface area contributed by atoms with E-state index in [0.717, 1.165) is 22.0 Å². The molecule has 0 bridgehead atoms. The maximum Gasteiger partial charge on any atom is 0.255 e. The maximum atomic E-state index is 14.5. The lowest BCUT2D eigenvalue weighted by Crippen LogP contribution is -2.31. The monoisotopic (exact) mass is 446 g/mol. The largest absolute Gasteiger partial charge is 0.321 e.